The molecular formula is C28H35N3O5. The molecule has 1 N–H and O–H groups in total. The Hall–Kier alpha value is -2.97. The fraction of sp³-hybridized carbons (Fsp3) is 0.536. The molecule has 0 bridgehead atoms. The van der Waals surface area contributed by atoms with Gasteiger partial charge in [0, 0.05) is 32.2 Å². The number of rotatable bonds is 7. The zero-order valence-electron chi connectivity index (χ0n) is 21.0. The van der Waals surface area contributed by atoms with E-state index >= 15 is 0 Å². The summed E-state index contributed by atoms with van der Waals surface area (Å²) in [7, 11) is 0. The SMILES string of the molecule is CCCC(C)N1CC=C[C@]23O[C@H]4C=CCN(Cc5ccccc5)C(=O)[C@H]4[C@H]2C(=O)N(CCO)C3C1=O. The molecule has 2 unspecified atom stereocenters. The highest BCUT2D eigenvalue weighted by molar-refractivity contribution is 5.99. The highest BCUT2D eigenvalue weighted by atomic mass is 16.5. The summed E-state index contributed by atoms with van der Waals surface area (Å²) in [5.41, 5.74) is -0.233. The van der Waals surface area contributed by atoms with Crippen LogP contribution in [0, 0.1) is 11.8 Å². The lowest BCUT2D eigenvalue weighted by molar-refractivity contribution is -0.149. The van der Waals surface area contributed by atoms with E-state index in [9.17, 15) is 19.5 Å². The van der Waals surface area contributed by atoms with E-state index in [1.807, 2.05) is 61.6 Å². The van der Waals surface area contributed by atoms with Gasteiger partial charge < -0.3 is 24.5 Å². The van der Waals surface area contributed by atoms with Gasteiger partial charge in [-0.3, -0.25) is 14.4 Å². The van der Waals surface area contributed by atoms with Crippen LogP contribution in [0.5, 0.6) is 0 Å². The Labute approximate surface area is 212 Å². The average Bonchev–Trinajstić information content (AvgIpc) is 3.17. The first-order chi connectivity index (χ1) is 17.4. The molecule has 4 aliphatic heterocycles. The lowest BCUT2D eigenvalue weighted by Crippen LogP contribution is -2.57. The molecule has 2 fully saturated rings. The number of hydrogen-bond donors (Lipinski definition) is 1. The molecule has 4 heterocycles. The number of amides is 3. The molecule has 0 aliphatic carbocycles. The van der Waals surface area contributed by atoms with Crippen LogP contribution in [-0.2, 0) is 25.7 Å². The van der Waals surface area contributed by atoms with Crippen LogP contribution in [0.2, 0.25) is 0 Å². The van der Waals surface area contributed by atoms with Crippen LogP contribution in [0.25, 0.3) is 0 Å². The lowest BCUT2D eigenvalue weighted by atomic mass is 9.77. The fourth-order valence-corrected chi connectivity index (χ4v) is 6.47. The van der Waals surface area contributed by atoms with Crippen molar-refractivity contribution in [2.24, 2.45) is 11.8 Å². The number of likely N-dealkylation sites (tertiary alicyclic amines) is 1. The number of β-amino-alcohol motifs (C(OH)–C–C–N with tert-alkyl or cyclic N) is 1. The van der Waals surface area contributed by atoms with Crippen LogP contribution in [0.3, 0.4) is 0 Å². The zero-order chi connectivity index (χ0) is 25.4. The van der Waals surface area contributed by atoms with Crippen molar-refractivity contribution in [2.75, 3.05) is 26.2 Å². The van der Waals surface area contributed by atoms with Crippen molar-refractivity contribution < 1.29 is 24.2 Å². The smallest absolute Gasteiger partial charge is 0.249 e. The maximum absolute atomic E-state index is 14.0. The monoisotopic (exact) mass is 493 g/mol. The Morgan fingerprint density at radius 1 is 1.08 bits per heavy atom. The number of ether oxygens (including phenoxy) is 1. The van der Waals surface area contributed by atoms with E-state index < -0.39 is 29.6 Å². The summed E-state index contributed by atoms with van der Waals surface area (Å²) in [5.74, 6) is -2.18. The largest absolute Gasteiger partial charge is 0.395 e. The van der Waals surface area contributed by atoms with Gasteiger partial charge >= 0.3 is 0 Å². The quantitative estimate of drug-likeness (QED) is 0.585. The molecule has 1 spiro atoms. The van der Waals surface area contributed by atoms with Crippen LogP contribution < -0.4 is 0 Å². The molecule has 8 nitrogen and oxygen atoms in total. The van der Waals surface area contributed by atoms with Gasteiger partial charge in [-0.2, -0.15) is 0 Å². The average molecular weight is 494 g/mol. The molecule has 1 aromatic carbocycles. The van der Waals surface area contributed by atoms with Crippen molar-refractivity contribution in [3.05, 3.63) is 60.2 Å². The second-order valence-corrected chi connectivity index (χ2v) is 10.3. The standard InChI is InChI=1S/C28H35N3O5/c1-3-9-19(2)30-15-8-13-28-23(26(34)31(16-17-32)24(28)27(30)35)22-21(36-28)12-7-14-29(25(22)33)18-20-10-5-4-6-11-20/h4-8,10-13,19,21-24,32H,3,9,14-18H2,1-2H3/t19?,21-,22+,23-,24?,28-/m0/s1. The number of hydrogen-bond acceptors (Lipinski definition) is 5. The zero-order valence-corrected chi connectivity index (χ0v) is 21.0. The van der Waals surface area contributed by atoms with Crippen molar-refractivity contribution in [2.45, 2.75) is 57.0 Å². The molecule has 0 aromatic heterocycles. The topological polar surface area (TPSA) is 90.4 Å². The maximum atomic E-state index is 14.0. The van der Waals surface area contributed by atoms with E-state index in [4.69, 9.17) is 4.74 Å². The first-order valence-electron chi connectivity index (χ1n) is 13.0. The second-order valence-electron chi connectivity index (χ2n) is 10.3. The van der Waals surface area contributed by atoms with Crippen LogP contribution in [-0.4, -0.2) is 87.6 Å². The molecule has 4 aliphatic rings. The number of nitrogens with zero attached hydrogens (tertiary/aromatic N) is 3. The van der Waals surface area contributed by atoms with Crippen molar-refractivity contribution in [3.63, 3.8) is 0 Å². The molecule has 1 aromatic rings. The van der Waals surface area contributed by atoms with Crippen molar-refractivity contribution in [1.82, 2.24) is 14.7 Å². The predicted molar refractivity (Wildman–Crippen MR) is 133 cm³/mol. The Kier molecular flexibility index (Phi) is 6.74. The molecule has 36 heavy (non-hydrogen) atoms. The number of carbonyl (C=O) groups is 3. The minimum Gasteiger partial charge on any atom is -0.395 e. The molecule has 5 rings (SSSR count). The van der Waals surface area contributed by atoms with Gasteiger partial charge in [0.25, 0.3) is 0 Å². The number of fused-ring (bicyclic) bond motifs is 2. The van der Waals surface area contributed by atoms with Gasteiger partial charge in [0.2, 0.25) is 17.7 Å². The second kappa shape index (κ2) is 9.82. The molecule has 2 saturated heterocycles. The molecule has 3 amide bonds. The van der Waals surface area contributed by atoms with Gasteiger partial charge in [-0.05, 0) is 18.9 Å². The Balaban J connectivity index is 1.53. The van der Waals surface area contributed by atoms with Crippen molar-refractivity contribution in [1.29, 1.82) is 0 Å². The third-order valence-electron chi connectivity index (χ3n) is 8.07. The van der Waals surface area contributed by atoms with E-state index in [1.54, 1.807) is 9.80 Å². The summed E-state index contributed by atoms with van der Waals surface area (Å²) >= 11 is 0. The molecule has 8 heteroatoms. The van der Waals surface area contributed by atoms with Crippen LogP contribution >= 0.6 is 0 Å². The third kappa shape index (κ3) is 3.87. The minimum absolute atomic E-state index is 0.00204. The Morgan fingerprint density at radius 2 is 1.86 bits per heavy atom. The van der Waals surface area contributed by atoms with Gasteiger partial charge in [-0.15, -0.1) is 0 Å². The molecule has 0 saturated carbocycles. The van der Waals surface area contributed by atoms with Gasteiger partial charge in [-0.25, -0.2) is 0 Å². The van der Waals surface area contributed by atoms with Gasteiger partial charge in [0.1, 0.15) is 11.6 Å². The van der Waals surface area contributed by atoms with E-state index in [2.05, 4.69) is 6.92 Å². The molecular weight excluding hydrogens is 458 g/mol. The van der Waals surface area contributed by atoms with Crippen molar-refractivity contribution >= 4 is 17.7 Å². The van der Waals surface area contributed by atoms with E-state index in [0.29, 0.717) is 19.6 Å². The van der Waals surface area contributed by atoms with Gasteiger partial charge in [-0.1, -0.05) is 68.0 Å². The summed E-state index contributed by atoms with van der Waals surface area (Å²) in [5, 5.41) is 9.78. The summed E-state index contributed by atoms with van der Waals surface area (Å²) in [6.45, 7) is 5.14. The van der Waals surface area contributed by atoms with E-state index in [-0.39, 0.29) is 36.9 Å². The van der Waals surface area contributed by atoms with Crippen LogP contribution in [0.1, 0.15) is 32.3 Å². The maximum Gasteiger partial charge on any atom is 0.249 e. The van der Waals surface area contributed by atoms with Gasteiger partial charge in [0.15, 0.2) is 0 Å². The summed E-state index contributed by atoms with van der Waals surface area (Å²) in [4.78, 5) is 46.9. The normalized spacial score (nSPS) is 32.3. The van der Waals surface area contributed by atoms with Crippen LogP contribution in [0.15, 0.2) is 54.6 Å². The molecule has 6 atom stereocenters. The number of aliphatic hydroxyl groups excluding tert-OH is 1. The molecule has 192 valence electrons. The highest BCUT2D eigenvalue weighted by Gasteiger charge is 2.71. The number of benzene rings is 1. The summed E-state index contributed by atoms with van der Waals surface area (Å²) in [6, 6.07) is 8.86. The molecule has 0 radical (unpaired) electrons. The third-order valence-corrected chi connectivity index (χ3v) is 8.07. The Bertz CT molecular complexity index is 1070. The number of aliphatic hydroxyl groups is 1. The van der Waals surface area contributed by atoms with E-state index in [0.717, 1.165) is 18.4 Å². The summed E-state index contributed by atoms with van der Waals surface area (Å²) in [6.07, 6.45) is 8.75. The lowest BCUT2D eigenvalue weighted by Gasteiger charge is -2.37. The Morgan fingerprint density at radius 3 is 2.58 bits per heavy atom. The first-order valence-corrected chi connectivity index (χ1v) is 13.0. The van der Waals surface area contributed by atoms with E-state index in [1.165, 1.54) is 4.90 Å². The predicted octanol–water partition coefficient (Wildman–Crippen LogP) is 1.75. The highest BCUT2D eigenvalue weighted by Crippen LogP contribution is 2.53. The van der Waals surface area contributed by atoms with Crippen LogP contribution in [0.4, 0.5) is 0 Å². The van der Waals surface area contributed by atoms with Crippen molar-refractivity contribution in [3.8, 4) is 0 Å². The first kappa shape index (κ1) is 24.7. The number of carbonyl (C=O) groups excluding carboxylic acids is 3. The summed E-state index contributed by atoms with van der Waals surface area (Å²) < 4.78 is 6.60. The van der Waals surface area contributed by atoms with Gasteiger partial charge in [0.05, 0.1) is 24.5 Å². The fourth-order valence-electron chi connectivity index (χ4n) is 6.47. The minimum atomic E-state index is -1.24.